The van der Waals surface area contributed by atoms with Crippen LogP contribution in [0.1, 0.15) is 0 Å². The van der Waals surface area contributed by atoms with E-state index in [1.165, 1.54) is 84.4 Å². The lowest BCUT2D eigenvalue weighted by Gasteiger charge is -2.34. The van der Waals surface area contributed by atoms with Crippen LogP contribution in [-0.4, -0.2) is 22.6 Å². The molecule has 0 aliphatic heterocycles. The van der Waals surface area contributed by atoms with Gasteiger partial charge < -0.3 is 0 Å². The van der Waals surface area contributed by atoms with Gasteiger partial charge in [0.1, 0.15) is 0 Å². The Hall–Kier alpha value is -7.96. The van der Waals surface area contributed by atoms with Crippen molar-refractivity contribution in [2.75, 3.05) is 0 Å². The quantitative estimate of drug-likeness (QED) is 0.118. The van der Waals surface area contributed by atoms with Gasteiger partial charge in [0.05, 0.1) is 11.0 Å². The normalized spacial score (nSPS) is 12.0. The molecule has 0 aliphatic rings. The molecular weight excluding hydrogens is 823 g/mol. The molecular formula is C60H39N3SSi. The van der Waals surface area contributed by atoms with Gasteiger partial charge in [0.25, 0.3) is 0 Å². The zero-order valence-corrected chi connectivity index (χ0v) is 37.1. The van der Waals surface area contributed by atoms with Gasteiger partial charge in [-0.25, -0.2) is 9.97 Å². The van der Waals surface area contributed by atoms with Crippen molar-refractivity contribution in [3.8, 4) is 28.2 Å². The zero-order chi connectivity index (χ0) is 42.9. The fraction of sp³-hybridized carbons (Fsp3) is 0. The molecule has 13 rings (SSSR count). The molecule has 3 aromatic heterocycles. The summed E-state index contributed by atoms with van der Waals surface area (Å²) in [7, 11) is -2.71. The minimum absolute atomic E-state index is 0.645. The van der Waals surface area contributed by atoms with E-state index >= 15 is 0 Å². The maximum atomic E-state index is 5.19. The van der Waals surface area contributed by atoms with Crippen LogP contribution in [0.25, 0.3) is 91.7 Å². The number of thiophene rings is 1. The van der Waals surface area contributed by atoms with Gasteiger partial charge >= 0.3 is 0 Å². The van der Waals surface area contributed by atoms with E-state index in [-0.39, 0.29) is 0 Å². The highest BCUT2D eigenvalue weighted by molar-refractivity contribution is 7.26. The van der Waals surface area contributed by atoms with E-state index in [1.807, 2.05) is 23.7 Å². The third-order valence-corrected chi connectivity index (χ3v) is 19.3. The first kappa shape index (κ1) is 37.6. The number of nitrogens with zero attached hydrogens (tertiary/aromatic N) is 3. The van der Waals surface area contributed by atoms with Crippen molar-refractivity contribution < 1.29 is 0 Å². The van der Waals surface area contributed by atoms with Crippen molar-refractivity contribution in [1.82, 2.24) is 14.5 Å². The summed E-state index contributed by atoms with van der Waals surface area (Å²) < 4.78 is 4.86. The molecule has 0 amide bonds. The third-order valence-electron chi connectivity index (χ3n) is 13.4. The second-order valence-electron chi connectivity index (χ2n) is 16.9. The molecule has 3 nitrogen and oxygen atoms in total. The Morgan fingerprint density at radius 1 is 0.354 bits per heavy atom. The van der Waals surface area contributed by atoms with Crippen LogP contribution in [0.4, 0.5) is 0 Å². The van der Waals surface area contributed by atoms with Crippen LogP contribution in [0.5, 0.6) is 0 Å². The Balaban J connectivity index is 0.971. The molecule has 0 N–H and O–H groups in total. The fourth-order valence-corrected chi connectivity index (χ4v) is 16.5. The van der Waals surface area contributed by atoms with Gasteiger partial charge in [-0.3, -0.25) is 4.57 Å². The highest BCUT2D eigenvalue weighted by Crippen LogP contribution is 2.44. The smallest absolute Gasteiger partial charge is 0.234 e. The van der Waals surface area contributed by atoms with Crippen molar-refractivity contribution in [2.24, 2.45) is 0 Å². The Kier molecular flexibility index (Phi) is 8.73. The van der Waals surface area contributed by atoms with E-state index < -0.39 is 8.07 Å². The Bertz CT molecular complexity index is 3840. The summed E-state index contributed by atoms with van der Waals surface area (Å²) in [4.78, 5) is 10.4. The van der Waals surface area contributed by atoms with E-state index in [1.54, 1.807) is 0 Å². The molecule has 0 bridgehead atoms. The second kappa shape index (κ2) is 15.1. The lowest BCUT2D eigenvalue weighted by atomic mass is 9.94. The Morgan fingerprint density at radius 2 is 0.938 bits per heavy atom. The van der Waals surface area contributed by atoms with Crippen molar-refractivity contribution in [3.05, 3.63) is 237 Å². The van der Waals surface area contributed by atoms with Gasteiger partial charge in [-0.1, -0.05) is 194 Å². The minimum atomic E-state index is -2.71. The maximum absolute atomic E-state index is 5.19. The van der Waals surface area contributed by atoms with Crippen molar-refractivity contribution in [3.63, 3.8) is 0 Å². The van der Waals surface area contributed by atoms with Crippen LogP contribution in [0.2, 0.25) is 0 Å². The highest BCUT2D eigenvalue weighted by Gasteiger charge is 2.41. The van der Waals surface area contributed by atoms with E-state index in [0.717, 1.165) is 22.2 Å². The summed E-state index contributed by atoms with van der Waals surface area (Å²) in [6, 6.07) is 82.5. The van der Waals surface area contributed by atoms with Gasteiger partial charge in [-0.2, -0.15) is 0 Å². The van der Waals surface area contributed by atoms with Crippen molar-refractivity contribution in [2.45, 2.75) is 0 Å². The van der Waals surface area contributed by atoms with Crippen molar-refractivity contribution >= 4 is 104 Å². The summed E-state index contributed by atoms with van der Waals surface area (Å²) >= 11 is 1.87. The molecule has 5 heteroatoms. The summed E-state index contributed by atoms with van der Waals surface area (Å²) in [6.07, 6.45) is 4.00. The van der Waals surface area contributed by atoms with Gasteiger partial charge in [0.15, 0.2) is 8.07 Å². The first-order valence-corrected chi connectivity index (χ1v) is 24.9. The predicted octanol–water partition coefficient (Wildman–Crippen LogP) is 13.0. The Labute approximate surface area is 381 Å². The van der Waals surface area contributed by atoms with Crippen LogP contribution in [0.3, 0.4) is 0 Å². The molecule has 0 unspecified atom stereocenters. The summed E-state index contributed by atoms with van der Waals surface area (Å²) in [6.45, 7) is 0. The highest BCUT2D eigenvalue weighted by atomic mass is 32.1. The average Bonchev–Trinajstić information content (AvgIpc) is 3.93. The van der Waals surface area contributed by atoms with Crippen LogP contribution >= 0.6 is 11.3 Å². The first-order chi connectivity index (χ1) is 32.2. The largest absolute Gasteiger partial charge is 0.278 e. The molecule has 0 radical (unpaired) electrons. The molecule has 0 spiro atoms. The van der Waals surface area contributed by atoms with Crippen LogP contribution in [0, 0.1) is 0 Å². The molecule has 10 aromatic carbocycles. The molecule has 0 saturated carbocycles. The van der Waals surface area contributed by atoms with Crippen LogP contribution in [0.15, 0.2) is 237 Å². The van der Waals surface area contributed by atoms with Crippen LogP contribution < -0.4 is 20.7 Å². The topological polar surface area (TPSA) is 30.7 Å². The number of aromatic nitrogens is 3. The molecule has 65 heavy (non-hydrogen) atoms. The van der Waals surface area contributed by atoms with E-state index in [0.29, 0.717) is 5.95 Å². The predicted molar refractivity (Wildman–Crippen MR) is 279 cm³/mol. The number of rotatable bonds is 7. The molecule has 13 aromatic rings. The first-order valence-electron chi connectivity index (χ1n) is 22.1. The molecule has 3 heterocycles. The van der Waals surface area contributed by atoms with Gasteiger partial charge in [-0.05, 0) is 89.3 Å². The van der Waals surface area contributed by atoms with Crippen molar-refractivity contribution in [1.29, 1.82) is 0 Å². The fourth-order valence-electron chi connectivity index (χ4n) is 10.6. The standard InChI is InChI=1S/C60H39N3SSi/c1-4-19-44(20-5-1)65(45-21-6-2-7-22-45,46-23-8-3-9-24-46)47-25-16-18-41(35-47)43-38-61-60(62-39-43)63-54-33-32-42(36-53(54)58-48-26-11-10-17-40(48)31-34-55(58)63)52-37-57-59(50-28-13-12-27-49(50)52)51-29-14-15-30-56(51)64-57/h1-39H. The van der Waals surface area contributed by atoms with E-state index in [4.69, 9.17) is 9.97 Å². The monoisotopic (exact) mass is 861 g/mol. The van der Waals surface area contributed by atoms with Gasteiger partial charge in [0.2, 0.25) is 5.95 Å². The average molecular weight is 862 g/mol. The molecule has 0 aliphatic carbocycles. The third kappa shape index (κ3) is 5.86. The molecule has 0 saturated heterocycles. The van der Waals surface area contributed by atoms with Crippen LogP contribution in [-0.2, 0) is 0 Å². The molecule has 0 atom stereocenters. The number of fused-ring (bicyclic) bond motifs is 10. The molecule has 0 fully saturated rings. The summed E-state index contributed by atoms with van der Waals surface area (Å²) in [5.41, 5.74) is 6.66. The lowest BCUT2D eigenvalue weighted by Crippen LogP contribution is -2.74. The number of benzene rings is 10. The number of hydrogen-bond donors (Lipinski definition) is 0. The lowest BCUT2D eigenvalue weighted by molar-refractivity contribution is 0.990. The Morgan fingerprint density at radius 3 is 1.65 bits per heavy atom. The SMILES string of the molecule is c1ccc([Si](c2ccccc2)(c2ccccc2)c2cccc(-c3cnc(-n4c5ccc(-c6cc7sc8ccccc8c7c7ccccc67)cc5c5c6ccccc6ccc54)nc3)c2)cc1. The minimum Gasteiger partial charge on any atom is -0.278 e. The number of hydrogen-bond acceptors (Lipinski definition) is 3. The summed E-state index contributed by atoms with van der Waals surface area (Å²) in [5.74, 6) is 0.645. The van der Waals surface area contributed by atoms with E-state index in [2.05, 4.69) is 229 Å². The van der Waals surface area contributed by atoms with Gasteiger partial charge in [0, 0.05) is 48.9 Å². The summed E-state index contributed by atoms with van der Waals surface area (Å²) in [5, 5.41) is 15.4. The maximum Gasteiger partial charge on any atom is 0.234 e. The molecule has 304 valence electrons. The van der Waals surface area contributed by atoms with Gasteiger partial charge in [-0.15, -0.1) is 11.3 Å². The van der Waals surface area contributed by atoms with E-state index in [9.17, 15) is 0 Å². The zero-order valence-electron chi connectivity index (χ0n) is 35.3. The second-order valence-corrected chi connectivity index (χ2v) is 21.8.